The van der Waals surface area contributed by atoms with Gasteiger partial charge in [-0.15, -0.1) is 0 Å². The zero-order valence-electron chi connectivity index (χ0n) is 15.7. The maximum atomic E-state index is 12.1. The number of benzene rings is 1. The summed E-state index contributed by atoms with van der Waals surface area (Å²) in [6, 6.07) is 3.46. The first-order valence-corrected chi connectivity index (χ1v) is 10.1. The molecule has 4 N–H and O–H groups in total. The van der Waals surface area contributed by atoms with E-state index in [1.165, 1.54) is 24.7 Å². The molecule has 1 aromatic carbocycles. The van der Waals surface area contributed by atoms with Gasteiger partial charge in [0.1, 0.15) is 0 Å². The van der Waals surface area contributed by atoms with E-state index in [2.05, 4.69) is 4.98 Å². The third-order valence-electron chi connectivity index (χ3n) is 4.74. The maximum Gasteiger partial charge on any atom is 0.276 e. The molecule has 1 aliphatic heterocycles. The van der Waals surface area contributed by atoms with Gasteiger partial charge in [-0.05, 0) is 12.5 Å². The molecular weight excluding hydrogens is 386 g/mol. The summed E-state index contributed by atoms with van der Waals surface area (Å²) in [5.74, 6) is 0.379. The van der Waals surface area contributed by atoms with Crippen molar-refractivity contribution < 1.29 is 22.7 Å². The van der Waals surface area contributed by atoms with E-state index in [1.807, 2.05) is 4.90 Å². The van der Waals surface area contributed by atoms with Gasteiger partial charge in [-0.2, -0.15) is 12.7 Å². The lowest BCUT2D eigenvalue weighted by atomic mass is 10.1. The number of nitrogens with two attached hydrogens (primary N) is 2. The minimum Gasteiger partial charge on any atom is -0.493 e. The number of amides is 1. The lowest BCUT2D eigenvalue weighted by Gasteiger charge is -2.26. The SMILES string of the molecule is COc1cc2ncc(C(N)=O)c(N3CCCN(S(N)(=O)=O)CC3)c2cc1OC. The van der Waals surface area contributed by atoms with Crippen molar-refractivity contribution in [2.45, 2.75) is 6.42 Å². The summed E-state index contributed by atoms with van der Waals surface area (Å²) < 4.78 is 35.3. The predicted octanol–water partition coefficient (Wildman–Crippen LogP) is 0.0665. The molecule has 3 rings (SSSR count). The summed E-state index contributed by atoms with van der Waals surface area (Å²) in [6.07, 6.45) is 1.97. The predicted molar refractivity (Wildman–Crippen MR) is 105 cm³/mol. The number of ether oxygens (including phenoxy) is 2. The molecule has 0 saturated carbocycles. The highest BCUT2D eigenvalue weighted by Gasteiger charge is 2.26. The first kappa shape index (κ1) is 20.1. The van der Waals surface area contributed by atoms with Gasteiger partial charge in [0.25, 0.3) is 16.1 Å². The van der Waals surface area contributed by atoms with Gasteiger partial charge in [0.05, 0.1) is 31.0 Å². The van der Waals surface area contributed by atoms with Crippen LogP contribution in [-0.4, -0.2) is 64.0 Å². The molecule has 1 aromatic heterocycles. The minimum absolute atomic E-state index is 0.203. The highest BCUT2D eigenvalue weighted by molar-refractivity contribution is 7.86. The van der Waals surface area contributed by atoms with Crippen LogP contribution in [0.1, 0.15) is 16.8 Å². The molecule has 1 amide bonds. The van der Waals surface area contributed by atoms with Crippen molar-refractivity contribution in [3.05, 3.63) is 23.9 Å². The van der Waals surface area contributed by atoms with Crippen LogP contribution in [0.3, 0.4) is 0 Å². The summed E-state index contributed by atoms with van der Waals surface area (Å²) >= 11 is 0. The summed E-state index contributed by atoms with van der Waals surface area (Å²) in [7, 11) is -0.732. The highest BCUT2D eigenvalue weighted by Crippen LogP contribution is 2.37. The number of pyridine rings is 1. The first-order valence-electron chi connectivity index (χ1n) is 8.63. The Kier molecular flexibility index (Phi) is 5.59. The maximum absolute atomic E-state index is 12.1. The number of primary amides is 1. The lowest BCUT2D eigenvalue weighted by molar-refractivity contribution is 0.100. The molecule has 11 heteroatoms. The lowest BCUT2D eigenvalue weighted by Crippen LogP contribution is -2.39. The summed E-state index contributed by atoms with van der Waals surface area (Å²) in [4.78, 5) is 18.3. The van der Waals surface area contributed by atoms with Crippen LogP contribution >= 0.6 is 0 Å². The first-order chi connectivity index (χ1) is 13.3. The molecule has 1 aliphatic rings. The van der Waals surface area contributed by atoms with Crippen molar-refractivity contribution in [3.63, 3.8) is 0 Å². The minimum atomic E-state index is -3.78. The second kappa shape index (κ2) is 7.78. The van der Waals surface area contributed by atoms with E-state index in [-0.39, 0.29) is 12.1 Å². The number of methoxy groups -OCH3 is 2. The van der Waals surface area contributed by atoms with Gasteiger partial charge in [-0.25, -0.2) is 5.14 Å². The van der Waals surface area contributed by atoms with Crippen molar-refractivity contribution in [2.75, 3.05) is 45.3 Å². The Hall–Kier alpha value is -2.63. The fourth-order valence-corrected chi connectivity index (χ4v) is 4.12. The third kappa shape index (κ3) is 3.81. The van der Waals surface area contributed by atoms with Crippen LogP contribution in [0, 0.1) is 0 Å². The molecule has 1 saturated heterocycles. The molecule has 0 bridgehead atoms. The van der Waals surface area contributed by atoms with E-state index in [9.17, 15) is 13.2 Å². The number of rotatable bonds is 5. The van der Waals surface area contributed by atoms with E-state index in [4.69, 9.17) is 20.3 Å². The molecular formula is C17H23N5O5S. The van der Waals surface area contributed by atoms with Crippen LogP contribution in [0.2, 0.25) is 0 Å². The molecule has 10 nitrogen and oxygen atoms in total. The molecule has 0 aliphatic carbocycles. The Morgan fingerprint density at radius 3 is 2.39 bits per heavy atom. The molecule has 152 valence electrons. The van der Waals surface area contributed by atoms with Crippen molar-refractivity contribution in [3.8, 4) is 11.5 Å². The van der Waals surface area contributed by atoms with Gasteiger partial charge in [0.15, 0.2) is 11.5 Å². The number of carbonyl (C=O) groups is 1. The summed E-state index contributed by atoms with van der Waals surface area (Å²) in [6.45, 7) is 1.39. The molecule has 0 atom stereocenters. The van der Waals surface area contributed by atoms with E-state index in [0.717, 1.165) is 0 Å². The standard InChI is InChI=1S/C17H23N5O5S/c1-26-14-8-11-13(9-15(14)27-2)20-10-12(17(18)23)16(11)21-4-3-5-22(7-6-21)28(19,24)25/h8-10H,3-7H2,1-2H3,(H2,18,23)(H2,19,24,25). The molecule has 28 heavy (non-hydrogen) atoms. The van der Waals surface area contributed by atoms with Gasteiger partial charge in [0.2, 0.25) is 0 Å². The van der Waals surface area contributed by atoms with Gasteiger partial charge in [-0.1, -0.05) is 0 Å². The van der Waals surface area contributed by atoms with Crippen LogP contribution < -0.4 is 25.2 Å². The quantitative estimate of drug-likeness (QED) is 0.711. The Labute approximate surface area is 163 Å². The fourth-order valence-electron chi connectivity index (χ4n) is 3.40. The van der Waals surface area contributed by atoms with Crippen LogP contribution in [0.5, 0.6) is 11.5 Å². The number of nitrogens with zero attached hydrogens (tertiary/aromatic N) is 3. The van der Waals surface area contributed by atoms with Gasteiger partial charge in [0, 0.05) is 43.8 Å². The molecule has 0 unspecified atom stereocenters. The zero-order valence-corrected chi connectivity index (χ0v) is 16.5. The number of aromatic nitrogens is 1. The van der Waals surface area contributed by atoms with E-state index in [1.54, 1.807) is 12.1 Å². The Morgan fingerprint density at radius 1 is 1.11 bits per heavy atom. The second-order valence-corrected chi connectivity index (χ2v) is 7.94. The summed E-state index contributed by atoms with van der Waals surface area (Å²) in [5.41, 5.74) is 7.03. The van der Waals surface area contributed by atoms with E-state index in [0.29, 0.717) is 54.1 Å². The Bertz CT molecular complexity index is 1010. The van der Waals surface area contributed by atoms with Crippen molar-refractivity contribution in [1.82, 2.24) is 9.29 Å². The van der Waals surface area contributed by atoms with Gasteiger partial charge < -0.3 is 20.1 Å². The molecule has 0 radical (unpaired) electrons. The molecule has 1 fully saturated rings. The molecule has 0 spiro atoms. The Balaban J connectivity index is 2.14. The summed E-state index contributed by atoms with van der Waals surface area (Å²) in [5, 5.41) is 5.93. The largest absolute Gasteiger partial charge is 0.493 e. The number of fused-ring (bicyclic) bond motifs is 1. The average Bonchev–Trinajstić information content (AvgIpc) is 2.91. The van der Waals surface area contributed by atoms with Crippen LogP contribution in [-0.2, 0) is 10.2 Å². The van der Waals surface area contributed by atoms with E-state index >= 15 is 0 Å². The van der Waals surface area contributed by atoms with Gasteiger partial charge in [-0.3, -0.25) is 9.78 Å². The smallest absolute Gasteiger partial charge is 0.276 e. The van der Waals surface area contributed by atoms with Gasteiger partial charge >= 0.3 is 0 Å². The fraction of sp³-hybridized carbons (Fsp3) is 0.412. The third-order valence-corrected chi connectivity index (χ3v) is 5.83. The number of carbonyl (C=O) groups excluding carboxylic acids is 1. The zero-order chi connectivity index (χ0) is 20.5. The average molecular weight is 409 g/mol. The molecule has 2 heterocycles. The molecule has 2 aromatic rings. The normalized spacial score (nSPS) is 16.0. The highest BCUT2D eigenvalue weighted by atomic mass is 32.2. The second-order valence-electron chi connectivity index (χ2n) is 6.39. The van der Waals surface area contributed by atoms with Crippen molar-refractivity contribution in [1.29, 1.82) is 0 Å². The van der Waals surface area contributed by atoms with Crippen LogP contribution in [0.15, 0.2) is 18.3 Å². The number of anilines is 1. The van der Waals surface area contributed by atoms with Crippen LogP contribution in [0.4, 0.5) is 5.69 Å². The number of hydrogen-bond acceptors (Lipinski definition) is 7. The van der Waals surface area contributed by atoms with Crippen molar-refractivity contribution >= 4 is 32.7 Å². The van der Waals surface area contributed by atoms with Crippen LogP contribution in [0.25, 0.3) is 10.9 Å². The number of hydrogen-bond donors (Lipinski definition) is 2. The monoisotopic (exact) mass is 409 g/mol. The van der Waals surface area contributed by atoms with Crippen molar-refractivity contribution in [2.24, 2.45) is 10.9 Å². The topological polar surface area (TPSA) is 141 Å². The Morgan fingerprint density at radius 2 is 1.79 bits per heavy atom. The van der Waals surface area contributed by atoms with E-state index < -0.39 is 16.1 Å².